The van der Waals surface area contributed by atoms with E-state index in [0.717, 1.165) is 0 Å². The SMILES string of the molecule is CSC1=C(SC)SC(=CC(C=C2SC3=C(S2)SC(=C2SC4=C(SC(=CC(C=C5SC(SC)=C(SC)S5)=C5SC(SC)=C(SC)S5)S4)S2)S3)=C2SC(SC)=C(SC)S2)S1. The Morgan fingerprint density at radius 2 is 0.448 bits per heavy atom. The highest BCUT2D eigenvalue weighted by Gasteiger charge is 2.38. The van der Waals surface area contributed by atoms with Crippen LogP contribution in [0, 0.1) is 0 Å². The molecule has 0 aromatic heterocycles. The van der Waals surface area contributed by atoms with E-state index < -0.39 is 0 Å². The largest absolute Gasteiger partial charge is 0.121 e. The zero-order valence-electron chi connectivity index (χ0n) is 31.1. The van der Waals surface area contributed by atoms with Gasteiger partial charge in [0.1, 0.15) is 0 Å². The molecule has 0 fully saturated rings. The van der Waals surface area contributed by atoms with Gasteiger partial charge >= 0.3 is 0 Å². The molecule has 0 saturated heterocycles. The van der Waals surface area contributed by atoms with Crippen molar-refractivity contribution >= 4 is 282 Å². The minimum absolute atomic E-state index is 1.34. The molecule has 0 aliphatic carbocycles. The number of rotatable bonds is 12. The van der Waals surface area contributed by atoms with Gasteiger partial charge in [0.2, 0.25) is 0 Å². The van der Waals surface area contributed by atoms with E-state index in [2.05, 4.69) is 74.4 Å². The lowest BCUT2D eigenvalue weighted by atomic mass is 10.3. The first kappa shape index (κ1) is 49.4. The Balaban J connectivity index is 0.945. The molecule has 0 bridgehead atoms. The third-order valence-corrected chi connectivity index (χ3v) is 39.5. The Morgan fingerprint density at radius 1 is 0.259 bits per heavy atom. The fourth-order valence-electron chi connectivity index (χ4n) is 4.79. The first-order valence-electron chi connectivity index (χ1n) is 16.0. The monoisotopic (exact) mass is 1200 g/mol. The minimum Gasteiger partial charge on any atom is -0.121 e. The third kappa shape index (κ3) is 11.7. The number of hydrogen-bond acceptors (Lipinski definition) is 24. The van der Waals surface area contributed by atoms with Gasteiger partial charge in [-0.15, -0.1) is 94.1 Å². The van der Waals surface area contributed by atoms with Crippen LogP contribution in [0.1, 0.15) is 0 Å². The van der Waals surface area contributed by atoms with Crippen molar-refractivity contribution < 1.29 is 0 Å². The second-order valence-electron chi connectivity index (χ2n) is 10.6. The molecule has 0 nitrogen and oxygen atoms in total. The summed E-state index contributed by atoms with van der Waals surface area (Å²) >= 11 is 46.2. The summed E-state index contributed by atoms with van der Waals surface area (Å²) in [6, 6.07) is 0. The average Bonchev–Trinajstić information content (AvgIpc) is 4.09. The average molecular weight is 1210 g/mol. The molecule has 24 heteroatoms. The van der Waals surface area contributed by atoms with E-state index in [9.17, 15) is 0 Å². The summed E-state index contributed by atoms with van der Waals surface area (Å²) in [6.45, 7) is 0. The Bertz CT molecular complexity index is 1950. The van der Waals surface area contributed by atoms with Crippen molar-refractivity contribution in [2.24, 2.45) is 0 Å². The molecule has 8 aliphatic heterocycles. The van der Waals surface area contributed by atoms with Gasteiger partial charge in [-0.2, -0.15) is 0 Å². The Hall–Kier alpha value is 5.02. The normalized spacial score (nSPS) is 22.3. The van der Waals surface area contributed by atoms with E-state index in [1.807, 2.05) is 282 Å². The second kappa shape index (κ2) is 23.6. The molecule has 8 heterocycles. The van der Waals surface area contributed by atoms with Crippen molar-refractivity contribution in [3.8, 4) is 0 Å². The van der Waals surface area contributed by atoms with Gasteiger partial charge in [0.25, 0.3) is 0 Å². The Labute approximate surface area is 445 Å². The minimum atomic E-state index is 1.34. The molecule has 0 saturated carbocycles. The molecule has 0 amide bonds. The number of thioether (sulfide) groups is 24. The summed E-state index contributed by atoms with van der Waals surface area (Å²) in [5, 5.41) is 0. The standard InChI is InChI=1S/C34H28S24/c1-35-21-22(36-2)44-15(43-21)9-13(19-51-25(39-5)26(40-6)52-19)11-17-47-29-30(48-17)56-33(55-29)34-57-31-32(58-34)50-18(49-31)12-14(20-53-27(41-7)28(42-8)54-20)10-16-45-23(37-3)24(38-4)46-16/h9-12H,1-8H3. The Kier molecular flexibility index (Phi) is 20.1. The molecular formula is C34H28S24. The van der Waals surface area contributed by atoms with Gasteiger partial charge in [0.15, 0.2) is 0 Å². The smallest absolute Gasteiger partial charge is 0.0718 e. The first-order valence-corrected chi connectivity index (χ1v) is 38.9. The van der Waals surface area contributed by atoms with Crippen LogP contribution < -0.4 is 0 Å². The van der Waals surface area contributed by atoms with Crippen LogP contribution in [-0.4, -0.2) is 50.0 Å². The summed E-state index contributed by atoms with van der Waals surface area (Å²) in [5.41, 5.74) is 2.68. The van der Waals surface area contributed by atoms with Crippen molar-refractivity contribution in [1.29, 1.82) is 0 Å². The molecule has 0 spiro atoms. The van der Waals surface area contributed by atoms with Crippen LogP contribution in [0.2, 0.25) is 0 Å². The molecule has 308 valence electrons. The van der Waals surface area contributed by atoms with Crippen molar-refractivity contribution in [1.82, 2.24) is 0 Å². The maximum Gasteiger partial charge on any atom is 0.0718 e. The molecule has 58 heavy (non-hydrogen) atoms. The molecule has 0 aromatic carbocycles. The maximum absolute atomic E-state index is 2.46. The van der Waals surface area contributed by atoms with Gasteiger partial charge in [0, 0.05) is 0 Å². The summed E-state index contributed by atoms with van der Waals surface area (Å²) in [7, 11) is 0. The van der Waals surface area contributed by atoms with E-state index in [0.29, 0.717) is 0 Å². The van der Waals surface area contributed by atoms with Crippen LogP contribution in [0.4, 0.5) is 0 Å². The van der Waals surface area contributed by atoms with Crippen molar-refractivity contribution in [3.63, 3.8) is 0 Å². The molecule has 0 unspecified atom stereocenters. The molecule has 0 aromatic rings. The van der Waals surface area contributed by atoms with Crippen LogP contribution in [0.15, 0.2) is 120 Å². The topological polar surface area (TPSA) is 0 Å². The fraction of sp³-hybridized carbons (Fsp3) is 0.235. The second-order valence-corrected chi connectivity index (χ2v) is 38.9. The lowest BCUT2D eigenvalue weighted by molar-refractivity contribution is 1.74. The summed E-state index contributed by atoms with van der Waals surface area (Å²) in [4.78, 5) is 0. The molecule has 0 atom stereocenters. The quantitative estimate of drug-likeness (QED) is 0.182. The molecular weight excluding hydrogens is 1180 g/mol. The van der Waals surface area contributed by atoms with Gasteiger partial charge in [-0.25, -0.2) is 0 Å². The summed E-state index contributed by atoms with van der Waals surface area (Å²) in [5.74, 6) is 0. The Morgan fingerprint density at radius 3 is 0.672 bits per heavy atom. The van der Waals surface area contributed by atoms with E-state index >= 15 is 0 Å². The van der Waals surface area contributed by atoms with Crippen molar-refractivity contribution in [2.45, 2.75) is 0 Å². The van der Waals surface area contributed by atoms with E-state index in [1.165, 1.54) is 95.9 Å². The van der Waals surface area contributed by atoms with Crippen molar-refractivity contribution in [2.75, 3.05) is 50.0 Å². The van der Waals surface area contributed by atoms with Crippen LogP contribution >= 0.6 is 282 Å². The summed E-state index contributed by atoms with van der Waals surface area (Å²) < 4.78 is 28.3. The maximum atomic E-state index is 2.46. The van der Waals surface area contributed by atoms with Gasteiger partial charge in [-0.3, -0.25) is 0 Å². The zero-order chi connectivity index (χ0) is 40.5. The van der Waals surface area contributed by atoms with Crippen molar-refractivity contribution in [3.05, 3.63) is 120 Å². The zero-order valence-corrected chi connectivity index (χ0v) is 50.7. The summed E-state index contributed by atoms with van der Waals surface area (Å²) in [6.07, 6.45) is 27.4. The molecule has 8 aliphatic rings. The number of hydrogen-bond donors (Lipinski definition) is 0. The van der Waals surface area contributed by atoms with Crippen LogP contribution in [0.3, 0.4) is 0 Å². The van der Waals surface area contributed by atoms with Gasteiger partial charge < -0.3 is 0 Å². The predicted octanol–water partition coefficient (Wildman–Crippen LogP) is 21.4. The van der Waals surface area contributed by atoms with Crippen LogP contribution in [0.5, 0.6) is 0 Å². The molecule has 0 N–H and O–H groups in total. The third-order valence-electron chi connectivity index (χ3n) is 7.24. The highest BCUT2D eigenvalue weighted by molar-refractivity contribution is 8.52. The van der Waals surface area contributed by atoms with Crippen LogP contribution in [0.25, 0.3) is 0 Å². The fourth-order valence-corrected chi connectivity index (χ4v) is 37.4. The van der Waals surface area contributed by atoms with Crippen LogP contribution in [-0.2, 0) is 0 Å². The lowest BCUT2D eigenvalue weighted by Gasteiger charge is -2.09. The van der Waals surface area contributed by atoms with E-state index in [4.69, 9.17) is 0 Å². The highest BCUT2D eigenvalue weighted by Crippen LogP contribution is 2.74. The highest BCUT2D eigenvalue weighted by atomic mass is 32.3. The van der Waals surface area contributed by atoms with E-state index in [-0.39, 0.29) is 0 Å². The van der Waals surface area contributed by atoms with E-state index in [1.54, 1.807) is 0 Å². The predicted molar refractivity (Wildman–Crippen MR) is 325 cm³/mol. The van der Waals surface area contributed by atoms with Gasteiger partial charge in [-0.1, -0.05) is 188 Å². The first-order chi connectivity index (χ1) is 28.3. The molecule has 0 radical (unpaired) electrons. The molecule has 8 rings (SSSR count). The van der Waals surface area contributed by atoms with Gasteiger partial charge in [0.05, 0.1) is 84.7 Å². The van der Waals surface area contributed by atoms with Gasteiger partial charge in [-0.05, 0) is 85.5 Å². The number of allylic oxidation sites excluding steroid dienone is 6. The lowest BCUT2D eigenvalue weighted by Crippen LogP contribution is -1.80.